The summed E-state index contributed by atoms with van der Waals surface area (Å²) in [5, 5.41) is 0. The number of morpholine rings is 1. The van der Waals surface area contributed by atoms with Crippen LogP contribution in [0.5, 0.6) is 5.75 Å². The van der Waals surface area contributed by atoms with Gasteiger partial charge in [0.15, 0.2) is 0 Å². The van der Waals surface area contributed by atoms with E-state index in [9.17, 15) is 13.2 Å². The van der Waals surface area contributed by atoms with Gasteiger partial charge in [-0.25, -0.2) is 8.42 Å². The quantitative estimate of drug-likeness (QED) is 0.591. The van der Waals surface area contributed by atoms with Crippen molar-refractivity contribution in [3.05, 3.63) is 60.2 Å². The maximum atomic E-state index is 12.7. The van der Waals surface area contributed by atoms with Crippen LogP contribution in [-0.4, -0.2) is 69.5 Å². The Morgan fingerprint density at radius 1 is 0.939 bits per heavy atom. The van der Waals surface area contributed by atoms with Crippen LogP contribution in [0.1, 0.15) is 24.8 Å². The van der Waals surface area contributed by atoms with Crippen LogP contribution >= 0.6 is 0 Å². The Morgan fingerprint density at radius 3 is 2.27 bits per heavy atom. The minimum Gasteiger partial charge on any atom is -0.493 e. The summed E-state index contributed by atoms with van der Waals surface area (Å²) in [6.07, 6.45) is 2.94. The summed E-state index contributed by atoms with van der Waals surface area (Å²) in [5.74, 6) is 1.51. The van der Waals surface area contributed by atoms with E-state index in [-0.39, 0.29) is 5.91 Å². The summed E-state index contributed by atoms with van der Waals surface area (Å²) in [6.45, 7) is 3.83. The van der Waals surface area contributed by atoms with Crippen LogP contribution in [0.2, 0.25) is 0 Å². The third-order valence-electron chi connectivity index (χ3n) is 6.35. The van der Waals surface area contributed by atoms with Gasteiger partial charge in [0.1, 0.15) is 5.75 Å². The predicted molar refractivity (Wildman–Crippen MR) is 126 cm³/mol. The molecule has 4 rings (SSSR count). The molecule has 0 bridgehead atoms. The van der Waals surface area contributed by atoms with Crippen LogP contribution in [0.4, 0.5) is 0 Å². The second-order valence-electron chi connectivity index (χ2n) is 8.61. The Hall–Kier alpha value is -2.42. The van der Waals surface area contributed by atoms with Crippen molar-refractivity contribution in [2.24, 2.45) is 5.92 Å². The molecule has 2 aromatic carbocycles. The molecule has 33 heavy (non-hydrogen) atoms. The van der Waals surface area contributed by atoms with Crippen molar-refractivity contribution in [2.75, 3.05) is 46.0 Å². The third kappa shape index (κ3) is 6.34. The van der Waals surface area contributed by atoms with E-state index < -0.39 is 10.0 Å². The highest BCUT2D eigenvalue weighted by molar-refractivity contribution is 7.89. The normalized spacial score (nSPS) is 18.2. The highest BCUT2D eigenvalue weighted by Crippen LogP contribution is 2.21. The van der Waals surface area contributed by atoms with E-state index in [1.165, 1.54) is 4.31 Å². The first-order valence-electron chi connectivity index (χ1n) is 11.6. The van der Waals surface area contributed by atoms with Gasteiger partial charge in [-0.2, -0.15) is 4.31 Å². The molecule has 0 spiro atoms. The number of amides is 1. The van der Waals surface area contributed by atoms with Crippen molar-refractivity contribution < 1.29 is 22.7 Å². The fourth-order valence-electron chi connectivity index (χ4n) is 4.25. The molecule has 2 aliphatic rings. The molecule has 178 valence electrons. The van der Waals surface area contributed by atoms with Gasteiger partial charge in [0, 0.05) is 32.6 Å². The Kier molecular flexibility index (Phi) is 8.01. The lowest BCUT2D eigenvalue weighted by atomic mass is 9.97. The van der Waals surface area contributed by atoms with E-state index in [1.807, 2.05) is 47.4 Å². The third-order valence-corrected chi connectivity index (χ3v) is 8.27. The molecule has 1 amide bonds. The van der Waals surface area contributed by atoms with E-state index >= 15 is 0 Å². The fraction of sp³-hybridized carbons (Fsp3) is 0.480. The molecule has 0 aromatic heterocycles. The van der Waals surface area contributed by atoms with Gasteiger partial charge in [-0.05, 0) is 55.0 Å². The first-order chi connectivity index (χ1) is 16.0. The van der Waals surface area contributed by atoms with Crippen LogP contribution < -0.4 is 4.74 Å². The Labute approximate surface area is 196 Å². The molecule has 0 atom stereocenters. The van der Waals surface area contributed by atoms with Crippen LogP contribution in [-0.2, 0) is 26.0 Å². The number of para-hydroxylation sites is 1. The zero-order valence-corrected chi connectivity index (χ0v) is 19.7. The second kappa shape index (κ2) is 11.1. The smallest absolute Gasteiger partial charge is 0.243 e. The molecule has 2 heterocycles. The SMILES string of the molecule is O=C(CCc1ccc(S(=O)(=O)N2CCOCC2)cc1)N1CCC(COc2ccccc2)CC1. The number of ether oxygens (including phenoxy) is 2. The standard InChI is InChI=1S/C25H32N2O5S/c28-25(26-14-12-22(13-15-26)20-32-23-4-2-1-3-5-23)11-8-21-6-9-24(10-7-21)33(29,30)27-16-18-31-19-17-27/h1-7,9-10,22H,8,11-20H2. The number of carbonyl (C=O) groups is 1. The number of hydrogen-bond donors (Lipinski definition) is 0. The van der Waals surface area contributed by atoms with Gasteiger partial charge in [-0.15, -0.1) is 0 Å². The zero-order chi connectivity index (χ0) is 23.1. The molecule has 2 fully saturated rings. The molecular weight excluding hydrogens is 440 g/mol. The van der Waals surface area contributed by atoms with E-state index in [4.69, 9.17) is 9.47 Å². The van der Waals surface area contributed by atoms with Crippen LogP contribution in [0.25, 0.3) is 0 Å². The minimum atomic E-state index is -3.49. The summed E-state index contributed by atoms with van der Waals surface area (Å²) in [5.41, 5.74) is 0.968. The Morgan fingerprint density at radius 2 is 1.61 bits per heavy atom. The molecule has 0 radical (unpaired) electrons. The molecule has 0 N–H and O–H groups in total. The van der Waals surface area contributed by atoms with Crippen LogP contribution in [0.3, 0.4) is 0 Å². The monoisotopic (exact) mass is 472 g/mol. The first-order valence-corrected chi connectivity index (χ1v) is 13.1. The van der Waals surface area contributed by atoms with E-state index in [2.05, 4.69) is 0 Å². The van der Waals surface area contributed by atoms with Gasteiger partial charge < -0.3 is 14.4 Å². The number of hydrogen-bond acceptors (Lipinski definition) is 5. The summed E-state index contributed by atoms with van der Waals surface area (Å²) in [6, 6.07) is 16.7. The molecule has 2 aliphatic heterocycles. The minimum absolute atomic E-state index is 0.155. The highest BCUT2D eigenvalue weighted by atomic mass is 32.2. The summed E-state index contributed by atoms with van der Waals surface area (Å²) < 4.78 is 38.0. The largest absolute Gasteiger partial charge is 0.493 e. The fourth-order valence-corrected chi connectivity index (χ4v) is 5.66. The molecule has 8 heteroatoms. The summed E-state index contributed by atoms with van der Waals surface area (Å²) in [7, 11) is -3.49. The van der Waals surface area contributed by atoms with Crippen molar-refractivity contribution in [2.45, 2.75) is 30.6 Å². The number of carbonyl (C=O) groups excluding carboxylic acids is 1. The van der Waals surface area contributed by atoms with E-state index in [0.29, 0.717) is 56.6 Å². The van der Waals surface area contributed by atoms with Gasteiger partial charge in [0.25, 0.3) is 0 Å². The van der Waals surface area contributed by atoms with Crippen LogP contribution in [0, 0.1) is 5.92 Å². The van der Waals surface area contributed by atoms with Crippen molar-refractivity contribution in [1.29, 1.82) is 0 Å². The molecule has 2 aromatic rings. The van der Waals surface area contributed by atoms with Gasteiger partial charge in [0.05, 0.1) is 24.7 Å². The number of sulfonamides is 1. The summed E-state index contributed by atoms with van der Waals surface area (Å²) >= 11 is 0. The van der Waals surface area contributed by atoms with Gasteiger partial charge in [-0.1, -0.05) is 30.3 Å². The number of likely N-dealkylation sites (tertiary alicyclic amines) is 1. The number of piperidine rings is 1. The average Bonchev–Trinajstić information content (AvgIpc) is 2.88. The molecule has 0 saturated carbocycles. The van der Waals surface area contributed by atoms with Gasteiger partial charge in [0.2, 0.25) is 15.9 Å². The van der Waals surface area contributed by atoms with Gasteiger partial charge in [-0.3, -0.25) is 4.79 Å². The van der Waals surface area contributed by atoms with Crippen LogP contribution in [0.15, 0.2) is 59.5 Å². The molecule has 7 nitrogen and oxygen atoms in total. The molecular formula is C25H32N2O5S. The Bertz CT molecular complexity index is 997. The number of nitrogens with zero attached hydrogens (tertiary/aromatic N) is 2. The number of rotatable bonds is 8. The molecule has 2 saturated heterocycles. The van der Waals surface area contributed by atoms with Crippen molar-refractivity contribution in [3.63, 3.8) is 0 Å². The van der Waals surface area contributed by atoms with E-state index in [1.54, 1.807) is 12.1 Å². The lowest BCUT2D eigenvalue weighted by Gasteiger charge is -2.32. The number of benzene rings is 2. The maximum Gasteiger partial charge on any atom is 0.243 e. The summed E-state index contributed by atoms with van der Waals surface area (Å²) in [4.78, 5) is 14.9. The molecule has 0 aliphatic carbocycles. The molecule has 0 unspecified atom stereocenters. The topological polar surface area (TPSA) is 76.2 Å². The maximum absolute atomic E-state index is 12.7. The lowest BCUT2D eigenvalue weighted by molar-refractivity contribution is -0.132. The van der Waals surface area contributed by atoms with Crippen molar-refractivity contribution in [3.8, 4) is 5.75 Å². The van der Waals surface area contributed by atoms with Gasteiger partial charge >= 0.3 is 0 Å². The average molecular weight is 473 g/mol. The Balaban J connectivity index is 1.20. The van der Waals surface area contributed by atoms with Crippen molar-refractivity contribution >= 4 is 15.9 Å². The lowest BCUT2D eigenvalue weighted by Crippen LogP contribution is -2.40. The number of aryl methyl sites for hydroxylation is 1. The zero-order valence-electron chi connectivity index (χ0n) is 18.9. The predicted octanol–water partition coefficient (Wildman–Crippen LogP) is 2.96. The van der Waals surface area contributed by atoms with E-state index in [0.717, 1.165) is 37.2 Å². The van der Waals surface area contributed by atoms with Crippen molar-refractivity contribution in [1.82, 2.24) is 9.21 Å². The first kappa shape index (κ1) is 23.7. The highest BCUT2D eigenvalue weighted by Gasteiger charge is 2.26. The second-order valence-corrected chi connectivity index (χ2v) is 10.5.